The largest absolute Gasteiger partial charge is 0.207 e. The lowest BCUT2D eigenvalue weighted by molar-refractivity contribution is 0.627. The molecule has 0 saturated carbocycles. The third-order valence-electron chi connectivity index (χ3n) is 1.88. The van der Waals surface area contributed by atoms with Crippen LogP contribution in [0.2, 0.25) is 5.02 Å². The van der Waals surface area contributed by atoms with Gasteiger partial charge in [-0.3, -0.25) is 0 Å². The SMILES string of the molecule is CC/C(=C/c1cc(F)cc(Cl)c1)CBr. The van der Waals surface area contributed by atoms with E-state index in [0.717, 1.165) is 17.3 Å². The number of allylic oxidation sites excluding steroid dienone is 1. The fraction of sp³-hybridized carbons (Fsp3) is 0.273. The molecule has 0 radical (unpaired) electrons. The Kier molecular flexibility index (Phi) is 4.63. The Hall–Kier alpha value is -0.340. The first kappa shape index (κ1) is 11.7. The van der Waals surface area contributed by atoms with E-state index in [1.54, 1.807) is 6.07 Å². The Morgan fingerprint density at radius 2 is 2.21 bits per heavy atom. The van der Waals surface area contributed by atoms with E-state index in [2.05, 4.69) is 22.9 Å². The molecule has 0 amide bonds. The minimum Gasteiger partial charge on any atom is -0.207 e. The van der Waals surface area contributed by atoms with E-state index < -0.39 is 0 Å². The summed E-state index contributed by atoms with van der Waals surface area (Å²) in [5, 5.41) is 1.23. The number of hydrogen-bond donors (Lipinski definition) is 0. The molecule has 3 heteroatoms. The molecule has 0 aromatic heterocycles. The van der Waals surface area contributed by atoms with E-state index in [1.807, 2.05) is 6.08 Å². The summed E-state index contributed by atoms with van der Waals surface area (Å²) in [6.07, 6.45) is 2.89. The van der Waals surface area contributed by atoms with Crippen molar-refractivity contribution in [2.45, 2.75) is 13.3 Å². The summed E-state index contributed by atoms with van der Waals surface area (Å²) in [6.45, 7) is 2.06. The highest BCUT2D eigenvalue weighted by molar-refractivity contribution is 9.09. The topological polar surface area (TPSA) is 0 Å². The van der Waals surface area contributed by atoms with Crippen LogP contribution in [0.4, 0.5) is 4.39 Å². The molecule has 14 heavy (non-hydrogen) atoms. The van der Waals surface area contributed by atoms with Crippen LogP contribution in [0.15, 0.2) is 23.8 Å². The zero-order valence-electron chi connectivity index (χ0n) is 7.86. The predicted octanol–water partition coefficient (Wildman–Crippen LogP) is 4.67. The lowest BCUT2D eigenvalue weighted by Gasteiger charge is -2.00. The molecule has 0 fully saturated rings. The van der Waals surface area contributed by atoms with Crippen LogP contribution in [0.25, 0.3) is 6.08 Å². The second-order valence-electron chi connectivity index (χ2n) is 2.99. The molecule has 0 nitrogen and oxygen atoms in total. The summed E-state index contributed by atoms with van der Waals surface area (Å²) in [5.41, 5.74) is 2.03. The van der Waals surface area contributed by atoms with E-state index in [4.69, 9.17) is 11.6 Å². The molecule has 0 aliphatic rings. The van der Waals surface area contributed by atoms with Crippen molar-refractivity contribution in [2.75, 3.05) is 5.33 Å². The van der Waals surface area contributed by atoms with Crippen molar-refractivity contribution in [3.05, 3.63) is 40.2 Å². The maximum Gasteiger partial charge on any atom is 0.125 e. The Labute approximate surface area is 96.9 Å². The quantitative estimate of drug-likeness (QED) is 0.705. The molecule has 0 unspecified atom stereocenters. The van der Waals surface area contributed by atoms with Gasteiger partial charge in [0.15, 0.2) is 0 Å². The van der Waals surface area contributed by atoms with Gasteiger partial charge in [-0.25, -0.2) is 4.39 Å². The predicted molar refractivity (Wildman–Crippen MR) is 63.5 cm³/mol. The average molecular weight is 278 g/mol. The summed E-state index contributed by atoms with van der Waals surface area (Å²) in [4.78, 5) is 0. The Balaban J connectivity index is 3.01. The van der Waals surface area contributed by atoms with Gasteiger partial charge in [-0.2, -0.15) is 0 Å². The van der Waals surface area contributed by atoms with Crippen molar-refractivity contribution >= 4 is 33.6 Å². The van der Waals surface area contributed by atoms with Crippen LogP contribution in [0.1, 0.15) is 18.9 Å². The fourth-order valence-corrected chi connectivity index (χ4v) is 1.92. The second-order valence-corrected chi connectivity index (χ2v) is 3.99. The molecule has 1 aromatic rings. The summed E-state index contributed by atoms with van der Waals surface area (Å²) in [7, 11) is 0. The van der Waals surface area contributed by atoms with Crippen molar-refractivity contribution in [3.63, 3.8) is 0 Å². The number of rotatable bonds is 3. The molecule has 0 aliphatic carbocycles. The summed E-state index contributed by atoms with van der Waals surface area (Å²) < 4.78 is 13.0. The summed E-state index contributed by atoms with van der Waals surface area (Å²) in [6, 6.07) is 4.53. The lowest BCUT2D eigenvalue weighted by atomic mass is 10.1. The smallest absolute Gasteiger partial charge is 0.125 e. The highest BCUT2D eigenvalue weighted by atomic mass is 79.9. The Morgan fingerprint density at radius 3 is 2.71 bits per heavy atom. The fourth-order valence-electron chi connectivity index (χ4n) is 1.13. The monoisotopic (exact) mass is 276 g/mol. The minimum absolute atomic E-state index is 0.297. The number of halogens is 3. The Bertz CT molecular complexity index is 321. The van der Waals surface area contributed by atoms with Gasteiger partial charge < -0.3 is 0 Å². The van der Waals surface area contributed by atoms with Gasteiger partial charge in [0.05, 0.1) is 0 Å². The van der Waals surface area contributed by atoms with E-state index in [-0.39, 0.29) is 5.82 Å². The zero-order valence-corrected chi connectivity index (χ0v) is 10.2. The summed E-state index contributed by atoms with van der Waals surface area (Å²) >= 11 is 9.11. The molecule has 1 aromatic carbocycles. The molecule has 1 rings (SSSR count). The van der Waals surface area contributed by atoms with Gasteiger partial charge in [-0.15, -0.1) is 0 Å². The minimum atomic E-state index is -0.297. The second kappa shape index (κ2) is 5.52. The molecule has 76 valence electrons. The van der Waals surface area contributed by atoms with Crippen molar-refractivity contribution in [1.29, 1.82) is 0 Å². The maximum atomic E-state index is 13.0. The van der Waals surface area contributed by atoms with Gasteiger partial charge >= 0.3 is 0 Å². The highest BCUT2D eigenvalue weighted by Crippen LogP contribution is 2.18. The number of benzene rings is 1. The standard InChI is InChI=1S/C11H11BrClF/c1-2-8(7-12)3-9-4-10(13)6-11(14)5-9/h3-6H,2,7H2,1H3/b8-3-. The normalized spacial score (nSPS) is 11.9. The maximum absolute atomic E-state index is 13.0. The van der Waals surface area contributed by atoms with Crippen LogP contribution in [0.5, 0.6) is 0 Å². The van der Waals surface area contributed by atoms with Crippen LogP contribution in [0, 0.1) is 5.82 Å². The average Bonchev–Trinajstić information content (AvgIpc) is 2.12. The molecule has 0 bridgehead atoms. The van der Waals surface area contributed by atoms with Crippen molar-refractivity contribution in [2.24, 2.45) is 0 Å². The van der Waals surface area contributed by atoms with E-state index in [9.17, 15) is 4.39 Å². The van der Waals surface area contributed by atoms with E-state index in [1.165, 1.54) is 17.7 Å². The zero-order chi connectivity index (χ0) is 10.6. The van der Waals surface area contributed by atoms with Crippen molar-refractivity contribution < 1.29 is 4.39 Å². The van der Waals surface area contributed by atoms with E-state index >= 15 is 0 Å². The van der Waals surface area contributed by atoms with Crippen molar-refractivity contribution in [1.82, 2.24) is 0 Å². The van der Waals surface area contributed by atoms with Gasteiger partial charge in [0.2, 0.25) is 0 Å². The molecular weight excluding hydrogens is 266 g/mol. The third kappa shape index (κ3) is 3.43. The van der Waals surface area contributed by atoms with Gasteiger partial charge in [0.1, 0.15) is 5.82 Å². The number of alkyl halides is 1. The molecule has 0 aliphatic heterocycles. The van der Waals surface area contributed by atoms with E-state index in [0.29, 0.717) is 5.02 Å². The van der Waals surface area contributed by atoms with Crippen LogP contribution >= 0.6 is 27.5 Å². The Morgan fingerprint density at radius 1 is 1.50 bits per heavy atom. The number of hydrogen-bond acceptors (Lipinski definition) is 0. The van der Waals surface area contributed by atoms with Crippen LogP contribution < -0.4 is 0 Å². The molecule has 0 heterocycles. The van der Waals surface area contributed by atoms with Gasteiger partial charge in [-0.1, -0.05) is 46.1 Å². The first-order chi connectivity index (χ1) is 6.65. The van der Waals surface area contributed by atoms with Crippen molar-refractivity contribution in [3.8, 4) is 0 Å². The molecule has 0 spiro atoms. The van der Waals surface area contributed by atoms with Crippen LogP contribution in [-0.2, 0) is 0 Å². The molecular formula is C11H11BrClF. The van der Waals surface area contributed by atoms with Crippen LogP contribution in [-0.4, -0.2) is 5.33 Å². The van der Waals surface area contributed by atoms with Gasteiger partial charge in [-0.05, 0) is 30.2 Å². The lowest BCUT2D eigenvalue weighted by Crippen LogP contribution is -1.84. The molecule has 0 saturated heterocycles. The van der Waals surface area contributed by atoms with Crippen LogP contribution in [0.3, 0.4) is 0 Å². The molecule has 0 atom stereocenters. The van der Waals surface area contributed by atoms with Gasteiger partial charge in [0, 0.05) is 10.4 Å². The third-order valence-corrected chi connectivity index (χ3v) is 2.82. The first-order valence-corrected chi connectivity index (χ1v) is 5.87. The van der Waals surface area contributed by atoms with Gasteiger partial charge in [0.25, 0.3) is 0 Å². The highest BCUT2D eigenvalue weighted by Gasteiger charge is 1.98. The summed E-state index contributed by atoms with van der Waals surface area (Å²) in [5.74, 6) is -0.297. The molecule has 0 N–H and O–H groups in total. The first-order valence-electron chi connectivity index (χ1n) is 4.37.